The average molecular weight is 546 g/mol. The summed E-state index contributed by atoms with van der Waals surface area (Å²) in [4.78, 5) is 57.3. The molecule has 0 saturated carbocycles. The predicted octanol–water partition coefficient (Wildman–Crippen LogP) is -1.61. The van der Waals surface area contributed by atoms with Gasteiger partial charge in [-0.15, -0.1) is 0 Å². The molecule has 0 aliphatic heterocycles. The third-order valence-electron chi connectivity index (χ3n) is 6.08. The van der Waals surface area contributed by atoms with Crippen LogP contribution in [-0.4, -0.2) is 77.5 Å². The number of nitrogens with zero attached hydrogens (tertiary/aromatic N) is 1. The lowest BCUT2D eigenvalue weighted by Crippen LogP contribution is -2.56. The minimum absolute atomic E-state index is 0.0218. The fourth-order valence-electron chi connectivity index (χ4n) is 4.05. The van der Waals surface area contributed by atoms with Crippen LogP contribution < -0.4 is 38.9 Å². The summed E-state index contributed by atoms with van der Waals surface area (Å²) in [5, 5.41) is 18.4. The summed E-state index contributed by atoms with van der Waals surface area (Å²) < 4.78 is 0. The van der Waals surface area contributed by atoms with Crippen LogP contribution in [0.4, 0.5) is 0 Å². The zero-order chi connectivity index (χ0) is 28.8. The van der Waals surface area contributed by atoms with E-state index in [4.69, 9.17) is 22.9 Å². The molecule has 2 aromatic rings. The van der Waals surface area contributed by atoms with E-state index in [1.54, 1.807) is 6.20 Å². The van der Waals surface area contributed by atoms with Gasteiger partial charge in [0, 0.05) is 30.1 Å². The van der Waals surface area contributed by atoms with Gasteiger partial charge in [-0.05, 0) is 50.3 Å². The molecule has 1 aromatic carbocycles. The van der Waals surface area contributed by atoms with Crippen LogP contribution >= 0.6 is 0 Å². The Kier molecular flexibility index (Phi) is 12.7. The number of rotatable bonds is 17. The Hall–Kier alpha value is -4.17. The summed E-state index contributed by atoms with van der Waals surface area (Å²) in [6.45, 7) is 0.308. The fraction of sp³-hybridized carbons (Fsp3) is 0.480. The summed E-state index contributed by atoms with van der Waals surface area (Å²) >= 11 is 0. The second-order valence-corrected chi connectivity index (χ2v) is 9.08. The molecule has 1 heterocycles. The molecule has 0 radical (unpaired) electrons. The van der Waals surface area contributed by atoms with Crippen LogP contribution in [0, 0.1) is 0 Å². The Morgan fingerprint density at radius 3 is 2.18 bits per heavy atom. The summed E-state index contributed by atoms with van der Waals surface area (Å²) in [6.07, 6.45) is 3.65. The van der Waals surface area contributed by atoms with Crippen LogP contribution in [0.5, 0.6) is 0 Å². The SMILES string of the molecule is NCCCCC(NC(=O)CN)C(=O)NC(CCCN=C(N)N)C(=O)NC(Cc1c[nH]c2ccccc12)C(=O)O. The van der Waals surface area contributed by atoms with Crippen molar-refractivity contribution in [1.29, 1.82) is 0 Å². The molecule has 0 aliphatic carbocycles. The minimum Gasteiger partial charge on any atom is -0.480 e. The van der Waals surface area contributed by atoms with Crippen LogP contribution in [0.2, 0.25) is 0 Å². The summed E-state index contributed by atoms with van der Waals surface area (Å²) in [5.74, 6) is -3.16. The van der Waals surface area contributed by atoms with Gasteiger partial charge in [0.15, 0.2) is 5.96 Å². The van der Waals surface area contributed by atoms with Gasteiger partial charge in [0.1, 0.15) is 18.1 Å². The molecular formula is C25H39N9O5. The molecular weight excluding hydrogens is 506 g/mol. The number of aliphatic imine (C=N–C) groups is 1. The van der Waals surface area contributed by atoms with Gasteiger partial charge in [-0.25, -0.2) is 4.79 Å². The summed E-state index contributed by atoms with van der Waals surface area (Å²) in [5.41, 5.74) is 23.2. The maximum Gasteiger partial charge on any atom is 0.326 e. The molecule has 0 saturated heterocycles. The number of unbranched alkanes of at least 4 members (excludes halogenated alkanes) is 1. The van der Waals surface area contributed by atoms with Crippen LogP contribution in [0.1, 0.15) is 37.7 Å². The minimum atomic E-state index is -1.26. The number of aromatic nitrogens is 1. The molecule has 3 atom stereocenters. The first kappa shape index (κ1) is 31.1. The highest BCUT2D eigenvalue weighted by Gasteiger charge is 2.29. The number of aromatic amines is 1. The second-order valence-electron chi connectivity index (χ2n) is 9.08. The Bertz CT molecular complexity index is 1150. The monoisotopic (exact) mass is 545 g/mol. The van der Waals surface area contributed by atoms with Crippen molar-refractivity contribution in [2.24, 2.45) is 27.9 Å². The molecule has 0 spiro atoms. The smallest absolute Gasteiger partial charge is 0.326 e. The molecule has 214 valence electrons. The van der Waals surface area contributed by atoms with Gasteiger partial charge in [-0.3, -0.25) is 19.4 Å². The normalized spacial score (nSPS) is 13.2. The number of nitrogens with one attached hydrogen (secondary N) is 4. The van der Waals surface area contributed by atoms with E-state index in [-0.39, 0.29) is 38.3 Å². The number of carbonyl (C=O) groups excluding carboxylic acids is 3. The van der Waals surface area contributed by atoms with Crippen LogP contribution in [-0.2, 0) is 25.6 Å². The molecule has 3 amide bonds. The highest BCUT2D eigenvalue weighted by Crippen LogP contribution is 2.19. The molecule has 2 rings (SSSR count). The van der Waals surface area contributed by atoms with E-state index in [2.05, 4.69) is 25.9 Å². The van der Waals surface area contributed by atoms with Crippen molar-refractivity contribution in [3.8, 4) is 0 Å². The van der Waals surface area contributed by atoms with Crippen LogP contribution in [0.15, 0.2) is 35.5 Å². The summed E-state index contributed by atoms with van der Waals surface area (Å²) in [6, 6.07) is 4.10. The lowest BCUT2D eigenvalue weighted by Gasteiger charge is -2.24. The van der Waals surface area contributed by atoms with Crippen LogP contribution in [0.3, 0.4) is 0 Å². The third kappa shape index (κ3) is 10.2. The molecule has 14 heteroatoms. The van der Waals surface area contributed by atoms with Crippen molar-refractivity contribution in [3.05, 3.63) is 36.0 Å². The second kappa shape index (κ2) is 15.9. The van der Waals surface area contributed by atoms with E-state index in [1.807, 2.05) is 24.3 Å². The number of para-hydroxylation sites is 1. The standard InChI is InChI=1S/C25H39N9O5/c26-10-4-3-8-18(32-21(35)13-27)22(36)33-19(9-5-11-30-25(28)29)23(37)34-20(24(38)39)12-15-14-31-17-7-2-1-6-16(15)17/h1-2,6-7,14,18-20,31H,3-5,8-13,26-27H2,(H,32,35)(H,33,36)(H,34,37)(H,38,39)(H4,28,29,30). The van der Waals surface area contributed by atoms with Crippen molar-refractivity contribution in [1.82, 2.24) is 20.9 Å². The number of benzene rings is 1. The number of fused-ring (bicyclic) bond motifs is 1. The van der Waals surface area contributed by atoms with Crippen molar-refractivity contribution in [2.75, 3.05) is 19.6 Å². The van der Waals surface area contributed by atoms with Crippen molar-refractivity contribution in [3.63, 3.8) is 0 Å². The molecule has 0 fully saturated rings. The number of H-pyrrole nitrogens is 1. The number of carboxylic acids is 1. The van der Waals surface area contributed by atoms with E-state index in [9.17, 15) is 24.3 Å². The van der Waals surface area contributed by atoms with E-state index in [0.717, 1.165) is 16.5 Å². The number of carbonyl (C=O) groups is 4. The first-order valence-electron chi connectivity index (χ1n) is 12.8. The van der Waals surface area contributed by atoms with Gasteiger partial charge < -0.3 is 49.0 Å². The molecule has 3 unspecified atom stereocenters. The number of aliphatic carboxylic acids is 1. The predicted molar refractivity (Wildman–Crippen MR) is 147 cm³/mol. The number of hydrogen-bond donors (Lipinski definition) is 9. The maximum absolute atomic E-state index is 13.3. The quantitative estimate of drug-likeness (QED) is 0.0628. The molecule has 14 nitrogen and oxygen atoms in total. The highest BCUT2D eigenvalue weighted by atomic mass is 16.4. The first-order valence-corrected chi connectivity index (χ1v) is 12.8. The Morgan fingerprint density at radius 1 is 0.897 bits per heavy atom. The van der Waals surface area contributed by atoms with Crippen molar-refractivity contribution in [2.45, 2.75) is 56.7 Å². The average Bonchev–Trinajstić information content (AvgIpc) is 3.31. The van der Waals surface area contributed by atoms with Crippen molar-refractivity contribution >= 4 is 40.6 Å². The zero-order valence-corrected chi connectivity index (χ0v) is 21.8. The maximum atomic E-state index is 13.3. The fourth-order valence-corrected chi connectivity index (χ4v) is 4.05. The number of carboxylic acid groups (broad SMARTS) is 1. The van der Waals surface area contributed by atoms with Gasteiger partial charge in [0.25, 0.3) is 0 Å². The van der Waals surface area contributed by atoms with Gasteiger partial charge in [-0.1, -0.05) is 18.2 Å². The molecule has 13 N–H and O–H groups in total. The van der Waals surface area contributed by atoms with Gasteiger partial charge in [0.05, 0.1) is 6.54 Å². The zero-order valence-electron chi connectivity index (χ0n) is 21.8. The third-order valence-corrected chi connectivity index (χ3v) is 6.08. The molecule has 39 heavy (non-hydrogen) atoms. The summed E-state index contributed by atoms with van der Waals surface area (Å²) in [7, 11) is 0. The molecule has 1 aromatic heterocycles. The Labute approximate surface area is 226 Å². The molecule has 0 aliphatic rings. The lowest BCUT2D eigenvalue weighted by atomic mass is 10.0. The number of amides is 3. The number of guanidine groups is 1. The van der Waals surface area contributed by atoms with E-state index < -0.39 is 41.8 Å². The Morgan fingerprint density at radius 2 is 1.54 bits per heavy atom. The number of nitrogens with two attached hydrogens (primary N) is 4. The van der Waals surface area contributed by atoms with Crippen molar-refractivity contribution < 1.29 is 24.3 Å². The van der Waals surface area contributed by atoms with E-state index in [0.29, 0.717) is 25.8 Å². The molecule has 0 bridgehead atoms. The van der Waals surface area contributed by atoms with E-state index in [1.165, 1.54) is 0 Å². The van der Waals surface area contributed by atoms with Crippen LogP contribution in [0.25, 0.3) is 10.9 Å². The van der Waals surface area contributed by atoms with Gasteiger partial charge >= 0.3 is 5.97 Å². The van der Waals surface area contributed by atoms with Gasteiger partial charge in [-0.2, -0.15) is 0 Å². The van der Waals surface area contributed by atoms with Gasteiger partial charge in [0.2, 0.25) is 17.7 Å². The van der Waals surface area contributed by atoms with E-state index >= 15 is 0 Å². The Balaban J connectivity index is 2.19. The largest absolute Gasteiger partial charge is 0.480 e. The topological polar surface area (TPSA) is 257 Å². The number of hydrogen-bond acceptors (Lipinski definition) is 7. The first-order chi connectivity index (χ1) is 18.7. The highest BCUT2D eigenvalue weighted by molar-refractivity contribution is 5.94. The lowest BCUT2D eigenvalue weighted by molar-refractivity contribution is -0.142.